The summed E-state index contributed by atoms with van der Waals surface area (Å²) in [4.78, 5) is 86.3. The summed E-state index contributed by atoms with van der Waals surface area (Å²) in [5.41, 5.74) is -0.569. The number of amides is 4. The van der Waals surface area contributed by atoms with Crippen LogP contribution in [0.1, 0.15) is 189 Å². The first-order valence-electron chi connectivity index (χ1n) is 26.4. The highest BCUT2D eigenvalue weighted by Gasteiger charge is 2.35. The minimum absolute atomic E-state index is 0.0239. The van der Waals surface area contributed by atoms with Crippen LogP contribution in [0.25, 0.3) is 0 Å². The highest BCUT2D eigenvalue weighted by molar-refractivity contribution is 5.88. The zero-order chi connectivity index (χ0) is 52.5. The Kier molecular flexibility index (Phi) is 39.6. The van der Waals surface area contributed by atoms with Crippen LogP contribution in [0.2, 0.25) is 0 Å². The zero-order valence-corrected chi connectivity index (χ0v) is 44.5. The fourth-order valence-electron chi connectivity index (χ4n) is 7.48. The molecule has 18 nitrogen and oxygen atoms in total. The molecule has 0 aromatic carbocycles. The predicted octanol–water partition coefficient (Wildman–Crippen LogP) is 6.74. The third kappa shape index (κ3) is 39.9. The van der Waals surface area contributed by atoms with Gasteiger partial charge in [0.2, 0.25) is 23.6 Å². The summed E-state index contributed by atoms with van der Waals surface area (Å²) in [7, 11) is 1.99. The van der Waals surface area contributed by atoms with Gasteiger partial charge >= 0.3 is 11.9 Å². The van der Waals surface area contributed by atoms with Crippen molar-refractivity contribution in [1.29, 1.82) is 0 Å². The van der Waals surface area contributed by atoms with Gasteiger partial charge in [0.25, 0.3) is 0 Å². The second kappa shape index (κ2) is 41.9. The van der Waals surface area contributed by atoms with Crippen molar-refractivity contribution < 1.29 is 62.7 Å². The molecular weight excluding hydrogens is 903 g/mol. The normalized spacial score (nSPS) is 12.6. The van der Waals surface area contributed by atoms with Crippen molar-refractivity contribution in [2.24, 2.45) is 5.41 Å². The van der Waals surface area contributed by atoms with E-state index >= 15 is 0 Å². The predicted molar refractivity (Wildman–Crippen MR) is 271 cm³/mol. The number of hydrogen-bond donors (Lipinski definition) is 6. The highest BCUT2D eigenvalue weighted by Crippen LogP contribution is 2.26. The molecule has 0 bridgehead atoms. The SMILES string of the molecule is CN(C(CCCCNC(=O)COCCOCCNC(=O)COCCOCCNC(=O)CC[C@H](NC(=O)CCCCCCCCCCCCCCCCCCC(=O)O)C(=O)O)C(=O)C(C)(C)C)C(C)(C)C. The number of aliphatic carboxylic acids is 2. The summed E-state index contributed by atoms with van der Waals surface area (Å²) >= 11 is 0. The number of nitrogens with zero attached hydrogens (tertiary/aromatic N) is 1. The van der Waals surface area contributed by atoms with E-state index in [0.29, 0.717) is 13.0 Å². The first-order valence-corrected chi connectivity index (χ1v) is 26.4. The van der Waals surface area contributed by atoms with E-state index in [2.05, 4.69) is 46.9 Å². The van der Waals surface area contributed by atoms with Crippen molar-refractivity contribution in [3.63, 3.8) is 0 Å². The summed E-state index contributed by atoms with van der Waals surface area (Å²) in [6, 6.07) is -1.32. The molecule has 4 amide bonds. The molecule has 18 heteroatoms. The summed E-state index contributed by atoms with van der Waals surface area (Å²) in [6.07, 6.45) is 20.6. The standard InChI is InChI=1S/C52H97N5O13/c1-51(2,3)49(64)43(57(7)52(4,5)6)26-24-25-31-53-46(60)40-69-38-37-68-35-33-55-47(61)41-70-39-36-67-34-32-54-44(58)30-29-42(50(65)66)56-45(59)27-22-20-18-16-14-12-10-8-9-11-13-15-17-19-21-23-28-48(62)63/h42-43H,8-41H2,1-7H3,(H,53,60)(H,54,58)(H,55,61)(H,56,59)(H,62,63)(H,65,66)/t42-,43?/m0/s1. The molecule has 0 aliphatic carbocycles. The Morgan fingerprint density at radius 2 is 0.871 bits per heavy atom. The maximum absolute atomic E-state index is 13.1. The highest BCUT2D eigenvalue weighted by atomic mass is 16.5. The van der Waals surface area contributed by atoms with Crippen molar-refractivity contribution in [3.05, 3.63) is 0 Å². The molecule has 0 heterocycles. The minimum Gasteiger partial charge on any atom is -0.481 e. The Labute approximate surface area is 420 Å². The average molecular weight is 1000 g/mol. The first-order chi connectivity index (χ1) is 33.2. The molecular formula is C52H97N5O13. The number of likely N-dealkylation sites (N-methyl/N-ethyl adjacent to an activating group) is 1. The molecule has 0 aliphatic heterocycles. The maximum Gasteiger partial charge on any atom is 0.326 e. The summed E-state index contributed by atoms with van der Waals surface area (Å²) < 4.78 is 21.6. The Balaban J connectivity index is 3.76. The number of carbonyl (C=O) groups is 7. The number of Topliss-reactive ketones (excluding diaryl/α,β-unsaturated/α-hetero) is 1. The number of nitrogens with one attached hydrogen (secondary N) is 4. The summed E-state index contributed by atoms with van der Waals surface area (Å²) in [6.45, 7) is 14.2. The van der Waals surface area contributed by atoms with Crippen LogP contribution in [0.4, 0.5) is 0 Å². The summed E-state index contributed by atoms with van der Waals surface area (Å²) in [5, 5.41) is 29.0. The van der Waals surface area contributed by atoms with Crippen molar-refractivity contribution in [1.82, 2.24) is 26.2 Å². The van der Waals surface area contributed by atoms with E-state index in [-0.39, 0.29) is 133 Å². The molecule has 0 spiro atoms. The van der Waals surface area contributed by atoms with Crippen molar-refractivity contribution in [2.75, 3.05) is 79.5 Å². The molecule has 408 valence electrons. The Bertz CT molecular complexity index is 1440. The molecule has 6 N–H and O–H groups in total. The van der Waals surface area contributed by atoms with Crippen molar-refractivity contribution >= 4 is 41.4 Å². The fourth-order valence-corrected chi connectivity index (χ4v) is 7.48. The lowest BCUT2D eigenvalue weighted by atomic mass is 9.83. The van der Waals surface area contributed by atoms with Crippen molar-refractivity contribution in [2.45, 2.75) is 207 Å². The van der Waals surface area contributed by atoms with Crippen LogP contribution >= 0.6 is 0 Å². The molecule has 0 radical (unpaired) electrons. The molecule has 0 aromatic heterocycles. The number of ether oxygens (including phenoxy) is 4. The Morgan fingerprint density at radius 3 is 1.30 bits per heavy atom. The average Bonchev–Trinajstić information content (AvgIpc) is 3.28. The van der Waals surface area contributed by atoms with Gasteiger partial charge in [-0.1, -0.05) is 111 Å². The van der Waals surface area contributed by atoms with Crippen LogP contribution in [0.5, 0.6) is 0 Å². The Hall–Kier alpha value is -3.71. The van der Waals surface area contributed by atoms with Crippen LogP contribution in [0.15, 0.2) is 0 Å². The van der Waals surface area contributed by atoms with Gasteiger partial charge in [-0.2, -0.15) is 0 Å². The van der Waals surface area contributed by atoms with Gasteiger partial charge in [-0.25, -0.2) is 4.79 Å². The lowest BCUT2D eigenvalue weighted by Gasteiger charge is -2.40. The second-order valence-electron chi connectivity index (χ2n) is 20.3. The Morgan fingerprint density at radius 1 is 0.457 bits per heavy atom. The van der Waals surface area contributed by atoms with Gasteiger partial charge in [0.05, 0.1) is 45.7 Å². The quantitative estimate of drug-likeness (QED) is 0.0346. The van der Waals surface area contributed by atoms with Gasteiger partial charge in [0, 0.05) is 49.9 Å². The monoisotopic (exact) mass is 1000 g/mol. The minimum atomic E-state index is -1.18. The number of carbonyl (C=O) groups excluding carboxylic acids is 5. The molecule has 0 aromatic rings. The van der Waals surface area contributed by atoms with Gasteiger partial charge in [-0.15, -0.1) is 0 Å². The molecule has 1 unspecified atom stereocenters. The van der Waals surface area contributed by atoms with Crippen LogP contribution in [0, 0.1) is 5.41 Å². The van der Waals surface area contributed by atoms with E-state index in [1.54, 1.807) is 0 Å². The smallest absolute Gasteiger partial charge is 0.326 e. The lowest BCUT2D eigenvalue weighted by Crippen LogP contribution is -2.51. The van der Waals surface area contributed by atoms with E-state index in [0.717, 1.165) is 57.8 Å². The maximum atomic E-state index is 13.1. The van der Waals surface area contributed by atoms with Gasteiger partial charge in [0.1, 0.15) is 19.3 Å². The molecule has 0 fully saturated rings. The van der Waals surface area contributed by atoms with E-state index in [1.807, 2.05) is 27.8 Å². The summed E-state index contributed by atoms with van der Waals surface area (Å²) in [5.74, 6) is -2.87. The number of ketones is 1. The van der Waals surface area contributed by atoms with E-state index in [4.69, 9.17) is 24.1 Å². The van der Waals surface area contributed by atoms with E-state index < -0.39 is 23.4 Å². The number of carboxylic acids is 2. The molecule has 2 atom stereocenters. The van der Waals surface area contributed by atoms with Gasteiger partial charge in [-0.3, -0.25) is 33.7 Å². The van der Waals surface area contributed by atoms with Gasteiger partial charge in [0.15, 0.2) is 5.78 Å². The second-order valence-corrected chi connectivity index (χ2v) is 20.3. The van der Waals surface area contributed by atoms with E-state index in [1.165, 1.54) is 57.8 Å². The lowest BCUT2D eigenvalue weighted by molar-refractivity contribution is -0.142. The van der Waals surface area contributed by atoms with Crippen LogP contribution in [-0.4, -0.2) is 154 Å². The van der Waals surface area contributed by atoms with Gasteiger partial charge in [-0.05, 0) is 66.3 Å². The van der Waals surface area contributed by atoms with Gasteiger partial charge < -0.3 is 50.4 Å². The zero-order valence-electron chi connectivity index (χ0n) is 44.5. The van der Waals surface area contributed by atoms with Crippen LogP contribution < -0.4 is 21.3 Å². The first kappa shape index (κ1) is 66.3. The largest absolute Gasteiger partial charge is 0.481 e. The number of unbranched alkanes of at least 4 members (excludes halogenated alkanes) is 16. The number of carboxylic acid groups (broad SMARTS) is 2. The third-order valence-electron chi connectivity index (χ3n) is 12.0. The number of rotatable bonds is 47. The molecule has 0 saturated heterocycles. The molecule has 70 heavy (non-hydrogen) atoms. The van der Waals surface area contributed by atoms with E-state index in [9.17, 15) is 38.7 Å². The topological polar surface area (TPSA) is 248 Å². The number of hydrogen-bond acceptors (Lipinski definition) is 12. The molecule has 0 aliphatic rings. The fraction of sp³-hybridized carbons (Fsp3) is 0.865. The van der Waals surface area contributed by atoms with Crippen molar-refractivity contribution in [3.8, 4) is 0 Å². The molecule has 0 rings (SSSR count). The third-order valence-corrected chi connectivity index (χ3v) is 12.0. The van der Waals surface area contributed by atoms with Crippen LogP contribution in [-0.2, 0) is 52.5 Å². The van der Waals surface area contributed by atoms with Crippen LogP contribution in [0.3, 0.4) is 0 Å². The molecule has 0 saturated carbocycles.